The Morgan fingerprint density at radius 2 is 1.67 bits per heavy atom. The summed E-state index contributed by atoms with van der Waals surface area (Å²) in [6.45, 7) is 1.20. The van der Waals surface area contributed by atoms with E-state index >= 15 is 0 Å². The van der Waals surface area contributed by atoms with Crippen LogP contribution >= 0.6 is 0 Å². The Morgan fingerprint density at radius 3 is 2.40 bits per heavy atom. The number of anilines is 1. The second-order valence-electron chi connectivity index (χ2n) is 6.90. The SMILES string of the molecule is O=C1c2cccnc2C(=O)c2nc3c(C(F)(F)F)c(N4CCOCC4)ccc3nc21. The molecule has 3 heterocycles. The summed E-state index contributed by atoms with van der Waals surface area (Å²) in [5, 5.41) is 0. The summed E-state index contributed by atoms with van der Waals surface area (Å²) in [4.78, 5) is 39.2. The number of rotatable bonds is 1. The van der Waals surface area contributed by atoms with E-state index in [0.717, 1.165) is 0 Å². The van der Waals surface area contributed by atoms with Crippen molar-refractivity contribution in [3.05, 3.63) is 58.7 Å². The highest BCUT2D eigenvalue weighted by Crippen LogP contribution is 2.41. The molecule has 2 aromatic heterocycles. The van der Waals surface area contributed by atoms with Gasteiger partial charge in [0.15, 0.2) is 0 Å². The van der Waals surface area contributed by atoms with Crippen LogP contribution in [-0.2, 0) is 10.9 Å². The van der Waals surface area contributed by atoms with E-state index in [1.54, 1.807) is 4.90 Å². The summed E-state index contributed by atoms with van der Waals surface area (Å²) in [6.07, 6.45) is -3.41. The quantitative estimate of drug-likeness (QED) is 0.473. The molecule has 1 aromatic carbocycles. The number of morpholine rings is 1. The molecule has 1 fully saturated rings. The van der Waals surface area contributed by atoms with E-state index in [0.29, 0.717) is 26.3 Å². The molecule has 1 aliphatic carbocycles. The van der Waals surface area contributed by atoms with E-state index in [-0.39, 0.29) is 28.2 Å². The predicted molar refractivity (Wildman–Crippen MR) is 98.7 cm³/mol. The molecule has 0 unspecified atom stereocenters. The van der Waals surface area contributed by atoms with Crippen molar-refractivity contribution < 1.29 is 27.5 Å². The molecule has 30 heavy (non-hydrogen) atoms. The summed E-state index contributed by atoms with van der Waals surface area (Å²) >= 11 is 0. The van der Waals surface area contributed by atoms with E-state index < -0.39 is 34.5 Å². The van der Waals surface area contributed by atoms with Crippen LogP contribution in [-0.4, -0.2) is 52.8 Å². The van der Waals surface area contributed by atoms with Crippen LogP contribution in [0.4, 0.5) is 18.9 Å². The highest BCUT2D eigenvalue weighted by Gasteiger charge is 2.40. The number of nitrogens with zero attached hydrogens (tertiary/aromatic N) is 4. The zero-order valence-electron chi connectivity index (χ0n) is 15.4. The topological polar surface area (TPSA) is 85.3 Å². The Hall–Kier alpha value is -3.40. The van der Waals surface area contributed by atoms with Crippen LogP contribution in [0.5, 0.6) is 0 Å². The lowest BCUT2D eigenvalue weighted by Crippen LogP contribution is -2.37. The number of halogens is 3. The number of fused-ring (bicyclic) bond motifs is 3. The first-order valence-corrected chi connectivity index (χ1v) is 9.15. The van der Waals surface area contributed by atoms with E-state index in [1.165, 1.54) is 30.5 Å². The van der Waals surface area contributed by atoms with Gasteiger partial charge in [-0.1, -0.05) is 0 Å². The third-order valence-corrected chi connectivity index (χ3v) is 5.15. The summed E-state index contributed by atoms with van der Waals surface area (Å²) < 4.78 is 47.5. The van der Waals surface area contributed by atoms with Crippen LogP contribution in [0.15, 0.2) is 30.5 Å². The van der Waals surface area contributed by atoms with Crippen LogP contribution in [0.25, 0.3) is 11.0 Å². The molecule has 0 radical (unpaired) electrons. The van der Waals surface area contributed by atoms with Gasteiger partial charge in [0.25, 0.3) is 0 Å². The van der Waals surface area contributed by atoms with E-state index in [9.17, 15) is 22.8 Å². The van der Waals surface area contributed by atoms with Gasteiger partial charge in [-0.05, 0) is 24.3 Å². The third-order valence-electron chi connectivity index (χ3n) is 5.15. The first kappa shape index (κ1) is 18.6. The van der Waals surface area contributed by atoms with Gasteiger partial charge in [-0.2, -0.15) is 13.2 Å². The van der Waals surface area contributed by atoms with Crippen molar-refractivity contribution in [2.45, 2.75) is 6.18 Å². The van der Waals surface area contributed by atoms with E-state index in [1.807, 2.05) is 0 Å². The molecule has 0 amide bonds. The highest BCUT2D eigenvalue weighted by molar-refractivity contribution is 6.26. The maximum atomic E-state index is 14.1. The Labute approximate surface area is 167 Å². The zero-order chi connectivity index (χ0) is 21.0. The number of carbonyl (C=O) groups excluding carboxylic acids is 2. The smallest absolute Gasteiger partial charge is 0.378 e. The molecule has 1 aliphatic heterocycles. The molecular weight excluding hydrogens is 401 g/mol. The van der Waals surface area contributed by atoms with E-state index in [2.05, 4.69) is 15.0 Å². The van der Waals surface area contributed by atoms with Gasteiger partial charge in [-0.3, -0.25) is 14.6 Å². The Bertz CT molecular complexity index is 1220. The average molecular weight is 414 g/mol. The van der Waals surface area contributed by atoms with Gasteiger partial charge in [0, 0.05) is 19.3 Å². The van der Waals surface area contributed by atoms with E-state index in [4.69, 9.17) is 4.74 Å². The van der Waals surface area contributed by atoms with Crippen molar-refractivity contribution >= 4 is 28.3 Å². The molecule has 7 nitrogen and oxygen atoms in total. The van der Waals surface area contributed by atoms with Crippen molar-refractivity contribution in [2.75, 3.05) is 31.2 Å². The lowest BCUT2D eigenvalue weighted by molar-refractivity contribution is -0.136. The van der Waals surface area contributed by atoms with Crippen molar-refractivity contribution in [2.24, 2.45) is 0 Å². The van der Waals surface area contributed by atoms with Crippen molar-refractivity contribution in [3.8, 4) is 0 Å². The summed E-state index contributed by atoms with van der Waals surface area (Å²) in [6, 6.07) is 5.64. The molecule has 2 aliphatic rings. The van der Waals surface area contributed by atoms with Gasteiger partial charge >= 0.3 is 6.18 Å². The maximum absolute atomic E-state index is 14.1. The van der Waals surface area contributed by atoms with Crippen molar-refractivity contribution in [1.29, 1.82) is 0 Å². The standard InChI is InChI=1S/C20H13F3N4O3/c21-20(22,23)13-12(27-6-8-30-9-7-27)4-3-11-15(13)26-17-16(25-11)18(28)10-2-1-5-24-14(10)19(17)29/h1-5H,6-9H2. The number of hydrogen-bond donors (Lipinski definition) is 0. The molecule has 0 N–H and O–H groups in total. The van der Waals surface area contributed by atoms with Gasteiger partial charge in [-0.15, -0.1) is 0 Å². The summed E-state index contributed by atoms with van der Waals surface area (Å²) in [5.41, 5.74) is -2.36. The second kappa shape index (κ2) is 6.56. The van der Waals surface area contributed by atoms with Gasteiger partial charge in [-0.25, -0.2) is 9.97 Å². The Morgan fingerprint density at radius 1 is 0.933 bits per heavy atom. The molecule has 0 saturated carbocycles. The molecule has 5 rings (SSSR count). The zero-order valence-corrected chi connectivity index (χ0v) is 15.4. The minimum atomic E-state index is -4.74. The summed E-state index contributed by atoms with van der Waals surface area (Å²) in [7, 11) is 0. The minimum Gasteiger partial charge on any atom is -0.378 e. The monoisotopic (exact) mass is 414 g/mol. The van der Waals surface area contributed by atoms with Crippen LogP contribution in [0.3, 0.4) is 0 Å². The molecule has 1 saturated heterocycles. The number of alkyl halides is 3. The van der Waals surface area contributed by atoms with Crippen LogP contribution < -0.4 is 4.90 Å². The van der Waals surface area contributed by atoms with Gasteiger partial charge in [0.05, 0.1) is 30.0 Å². The molecule has 3 aromatic rings. The van der Waals surface area contributed by atoms with Crippen LogP contribution in [0.2, 0.25) is 0 Å². The molecular formula is C20H13F3N4O3. The number of pyridine rings is 1. The fourth-order valence-corrected chi connectivity index (χ4v) is 3.78. The fourth-order valence-electron chi connectivity index (χ4n) is 3.78. The number of ketones is 2. The second-order valence-corrected chi connectivity index (χ2v) is 6.90. The molecule has 0 spiro atoms. The highest BCUT2D eigenvalue weighted by atomic mass is 19.4. The van der Waals surface area contributed by atoms with Crippen LogP contribution in [0, 0.1) is 0 Å². The van der Waals surface area contributed by atoms with Gasteiger partial charge < -0.3 is 9.64 Å². The number of benzene rings is 1. The molecule has 152 valence electrons. The third kappa shape index (κ3) is 2.75. The molecule has 10 heteroatoms. The number of aromatic nitrogens is 3. The largest absolute Gasteiger partial charge is 0.420 e. The molecule has 0 atom stereocenters. The normalized spacial score (nSPS) is 16.6. The number of hydrogen-bond acceptors (Lipinski definition) is 7. The first-order chi connectivity index (χ1) is 14.4. The Kier molecular flexibility index (Phi) is 4.07. The Balaban J connectivity index is 1.77. The number of ether oxygens (including phenoxy) is 1. The first-order valence-electron chi connectivity index (χ1n) is 9.15. The maximum Gasteiger partial charge on any atom is 0.420 e. The average Bonchev–Trinajstić information content (AvgIpc) is 2.75. The summed E-state index contributed by atoms with van der Waals surface area (Å²) in [5.74, 6) is -1.31. The lowest BCUT2D eigenvalue weighted by Gasteiger charge is -2.31. The fraction of sp³-hybridized carbons (Fsp3) is 0.250. The van der Waals surface area contributed by atoms with Gasteiger partial charge in [0.2, 0.25) is 11.6 Å². The minimum absolute atomic E-state index is 0.0549. The molecule has 0 bridgehead atoms. The predicted octanol–water partition coefficient (Wildman–Crippen LogP) is 2.66. The van der Waals surface area contributed by atoms with Crippen LogP contribution in [0.1, 0.15) is 37.8 Å². The van der Waals surface area contributed by atoms with Crippen molar-refractivity contribution in [1.82, 2.24) is 15.0 Å². The van der Waals surface area contributed by atoms with Crippen molar-refractivity contribution in [3.63, 3.8) is 0 Å². The number of carbonyl (C=O) groups is 2. The van der Waals surface area contributed by atoms with Gasteiger partial charge in [0.1, 0.15) is 28.2 Å². The lowest BCUT2D eigenvalue weighted by atomic mass is 9.93.